The number of rotatable bonds is 2. The van der Waals surface area contributed by atoms with E-state index in [4.69, 9.17) is 9.84 Å². The maximum atomic E-state index is 11.9. The number of amides is 1. The van der Waals surface area contributed by atoms with E-state index in [0.717, 1.165) is 12.8 Å². The van der Waals surface area contributed by atoms with Crippen LogP contribution in [-0.2, 0) is 9.53 Å². The predicted molar refractivity (Wildman–Crippen MR) is 67.4 cm³/mol. The average molecular weight is 257 g/mol. The van der Waals surface area contributed by atoms with Crippen molar-refractivity contribution in [3.05, 3.63) is 0 Å². The van der Waals surface area contributed by atoms with E-state index in [0.29, 0.717) is 12.8 Å². The van der Waals surface area contributed by atoms with Crippen LogP contribution in [0.2, 0.25) is 0 Å². The fourth-order valence-electron chi connectivity index (χ4n) is 2.22. The molecule has 0 aromatic heterocycles. The van der Waals surface area contributed by atoms with Crippen LogP contribution >= 0.6 is 0 Å². The summed E-state index contributed by atoms with van der Waals surface area (Å²) in [5.74, 6) is -1.11. The Kier molecular flexibility index (Phi) is 4.59. The predicted octanol–water partition coefficient (Wildman–Crippen LogP) is 2.50. The molecule has 1 aliphatic carbocycles. The van der Waals surface area contributed by atoms with E-state index in [1.54, 1.807) is 11.9 Å². The minimum Gasteiger partial charge on any atom is -0.481 e. The fraction of sp³-hybridized carbons (Fsp3) is 0.846. The van der Waals surface area contributed by atoms with Gasteiger partial charge in [-0.25, -0.2) is 4.79 Å². The molecule has 1 amide bonds. The zero-order valence-corrected chi connectivity index (χ0v) is 11.6. The first-order valence-electron chi connectivity index (χ1n) is 6.39. The van der Waals surface area contributed by atoms with Crippen molar-refractivity contribution in [1.29, 1.82) is 0 Å². The molecule has 0 aromatic carbocycles. The van der Waals surface area contributed by atoms with E-state index < -0.39 is 11.6 Å². The molecule has 1 rings (SSSR count). The Morgan fingerprint density at radius 1 is 1.28 bits per heavy atom. The number of carbonyl (C=O) groups excluding carboxylic acids is 1. The second kappa shape index (κ2) is 5.59. The van der Waals surface area contributed by atoms with E-state index >= 15 is 0 Å². The van der Waals surface area contributed by atoms with Crippen LogP contribution in [0.4, 0.5) is 4.79 Å². The van der Waals surface area contributed by atoms with Gasteiger partial charge in [-0.05, 0) is 40.0 Å². The van der Waals surface area contributed by atoms with Crippen molar-refractivity contribution in [1.82, 2.24) is 4.90 Å². The number of nitrogens with zero attached hydrogens (tertiary/aromatic N) is 1. The summed E-state index contributed by atoms with van der Waals surface area (Å²) in [6.45, 7) is 5.46. The van der Waals surface area contributed by atoms with Gasteiger partial charge >= 0.3 is 12.1 Å². The van der Waals surface area contributed by atoms with Gasteiger partial charge in [-0.3, -0.25) is 4.79 Å². The van der Waals surface area contributed by atoms with E-state index in [9.17, 15) is 9.59 Å². The first-order chi connectivity index (χ1) is 8.20. The van der Waals surface area contributed by atoms with Gasteiger partial charge in [-0.1, -0.05) is 6.42 Å². The Labute approximate surface area is 108 Å². The third-order valence-corrected chi connectivity index (χ3v) is 3.22. The standard InChI is InChI=1S/C13H23NO4/c1-13(2,3)18-12(17)14(4)10-7-5-6-9(8-10)11(15)16/h9-10H,5-8H2,1-4H3,(H,15,16)/t9-,10+/m0/s1. The highest BCUT2D eigenvalue weighted by Crippen LogP contribution is 2.28. The minimum absolute atomic E-state index is 0.0327. The molecule has 5 nitrogen and oxygen atoms in total. The molecule has 0 aromatic rings. The average Bonchev–Trinajstić information content (AvgIpc) is 2.26. The van der Waals surface area contributed by atoms with Gasteiger partial charge in [-0.15, -0.1) is 0 Å². The molecule has 5 heteroatoms. The number of carboxylic acid groups (broad SMARTS) is 1. The molecule has 1 N–H and O–H groups in total. The van der Waals surface area contributed by atoms with Crippen LogP contribution in [0.25, 0.3) is 0 Å². The molecule has 1 saturated carbocycles. The first-order valence-corrected chi connectivity index (χ1v) is 6.39. The lowest BCUT2D eigenvalue weighted by atomic mass is 9.85. The SMILES string of the molecule is CN(C(=O)OC(C)(C)C)[C@@H]1CCC[C@H](C(=O)O)C1. The molecular weight excluding hydrogens is 234 g/mol. The fourth-order valence-corrected chi connectivity index (χ4v) is 2.22. The minimum atomic E-state index is -0.766. The third kappa shape index (κ3) is 4.20. The summed E-state index contributed by atoms with van der Waals surface area (Å²) in [7, 11) is 1.68. The highest BCUT2D eigenvalue weighted by Gasteiger charge is 2.32. The molecule has 1 aliphatic rings. The van der Waals surface area contributed by atoms with Gasteiger partial charge in [0.25, 0.3) is 0 Å². The van der Waals surface area contributed by atoms with Crippen molar-refractivity contribution in [2.24, 2.45) is 5.92 Å². The number of aliphatic carboxylic acids is 1. The van der Waals surface area contributed by atoms with Gasteiger partial charge in [0.1, 0.15) is 5.60 Å². The normalized spacial score (nSPS) is 24.4. The summed E-state index contributed by atoms with van der Waals surface area (Å²) < 4.78 is 5.29. The van der Waals surface area contributed by atoms with E-state index in [2.05, 4.69) is 0 Å². The molecule has 0 heterocycles. The molecule has 2 atom stereocenters. The Morgan fingerprint density at radius 3 is 2.39 bits per heavy atom. The molecule has 0 unspecified atom stereocenters. The Morgan fingerprint density at radius 2 is 1.89 bits per heavy atom. The second-order valence-corrected chi connectivity index (χ2v) is 5.95. The van der Waals surface area contributed by atoms with Gasteiger partial charge < -0.3 is 14.7 Å². The number of hydrogen-bond donors (Lipinski definition) is 1. The first kappa shape index (κ1) is 14.8. The number of hydrogen-bond acceptors (Lipinski definition) is 3. The second-order valence-electron chi connectivity index (χ2n) is 5.95. The Bertz CT molecular complexity index is 321. The molecule has 0 saturated heterocycles. The largest absolute Gasteiger partial charge is 0.481 e. The van der Waals surface area contributed by atoms with Gasteiger partial charge in [0, 0.05) is 13.1 Å². The summed E-state index contributed by atoms with van der Waals surface area (Å²) in [6, 6.07) is -0.0327. The molecule has 0 aliphatic heterocycles. The molecule has 0 bridgehead atoms. The monoisotopic (exact) mass is 257 g/mol. The van der Waals surface area contributed by atoms with Crippen molar-refractivity contribution in [3.8, 4) is 0 Å². The van der Waals surface area contributed by atoms with Crippen LogP contribution in [0.5, 0.6) is 0 Å². The van der Waals surface area contributed by atoms with Gasteiger partial charge in [0.05, 0.1) is 5.92 Å². The van der Waals surface area contributed by atoms with Crippen molar-refractivity contribution in [2.75, 3.05) is 7.05 Å². The van der Waals surface area contributed by atoms with Crippen LogP contribution < -0.4 is 0 Å². The molecule has 0 spiro atoms. The highest BCUT2D eigenvalue weighted by atomic mass is 16.6. The maximum absolute atomic E-state index is 11.9. The van der Waals surface area contributed by atoms with Crippen LogP contribution in [0.3, 0.4) is 0 Å². The number of carboxylic acids is 1. The zero-order valence-electron chi connectivity index (χ0n) is 11.6. The lowest BCUT2D eigenvalue weighted by Crippen LogP contribution is -2.43. The third-order valence-electron chi connectivity index (χ3n) is 3.22. The van der Waals surface area contributed by atoms with Crippen LogP contribution in [0, 0.1) is 5.92 Å². The van der Waals surface area contributed by atoms with E-state index in [1.807, 2.05) is 20.8 Å². The van der Waals surface area contributed by atoms with E-state index in [-0.39, 0.29) is 18.1 Å². The van der Waals surface area contributed by atoms with Crippen LogP contribution in [0.1, 0.15) is 46.5 Å². The van der Waals surface area contributed by atoms with Crippen LogP contribution in [0.15, 0.2) is 0 Å². The quantitative estimate of drug-likeness (QED) is 0.825. The van der Waals surface area contributed by atoms with Crippen molar-refractivity contribution < 1.29 is 19.4 Å². The lowest BCUT2D eigenvalue weighted by molar-refractivity contribution is -0.143. The molecule has 0 radical (unpaired) electrons. The van der Waals surface area contributed by atoms with Gasteiger partial charge in [0.15, 0.2) is 0 Å². The number of carbonyl (C=O) groups is 2. The van der Waals surface area contributed by atoms with Crippen molar-refractivity contribution in [2.45, 2.75) is 58.1 Å². The number of ether oxygens (including phenoxy) is 1. The Hall–Kier alpha value is -1.26. The highest BCUT2D eigenvalue weighted by molar-refractivity contribution is 5.71. The molecule has 1 fully saturated rings. The maximum Gasteiger partial charge on any atom is 0.410 e. The summed E-state index contributed by atoms with van der Waals surface area (Å²) in [6.07, 6.45) is 2.53. The summed E-state index contributed by atoms with van der Waals surface area (Å²) in [4.78, 5) is 24.4. The zero-order chi connectivity index (χ0) is 13.9. The van der Waals surface area contributed by atoms with Gasteiger partial charge in [-0.2, -0.15) is 0 Å². The van der Waals surface area contributed by atoms with E-state index in [1.165, 1.54) is 0 Å². The molecule has 104 valence electrons. The van der Waals surface area contributed by atoms with Crippen molar-refractivity contribution >= 4 is 12.1 Å². The summed E-state index contributed by atoms with van der Waals surface area (Å²) in [5, 5.41) is 9.03. The summed E-state index contributed by atoms with van der Waals surface area (Å²) in [5.41, 5.74) is -0.522. The topological polar surface area (TPSA) is 66.8 Å². The smallest absolute Gasteiger partial charge is 0.410 e. The van der Waals surface area contributed by atoms with Crippen molar-refractivity contribution in [3.63, 3.8) is 0 Å². The molecule has 18 heavy (non-hydrogen) atoms. The summed E-state index contributed by atoms with van der Waals surface area (Å²) >= 11 is 0. The van der Waals surface area contributed by atoms with Crippen LogP contribution in [-0.4, -0.2) is 40.8 Å². The van der Waals surface area contributed by atoms with Gasteiger partial charge in [0.2, 0.25) is 0 Å². The molecular formula is C13H23NO4. The Balaban J connectivity index is 2.58. The lowest BCUT2D eigenvalue weighted by Gasteiger charge is -2.34.